The molecular formula is C31H38F4O2. The maximum atomic E-state index is 15.1. The highest BCUT2D eigenvalue weighted by atomic mass is 19.2. The van der Waals surface area contributed by atoms with Crippen LogP contribution >= 0.6 is 0 Å². The van der Waals surface area contributed by atoms with Gasteiger partial charge in [-0.1, -0.05) is 44.1 Å². The lowest BCUT2D eigenvalue weighted by molar-refractivity contribution is -0.0411. The Hall–Kier alpha value is -2.34. The average molecular weight is 519 g/mol. The van der Waals surface area contributed by atoms with Crippen LogP contribution in [0.15, 0.2) is 36.4 Å². The maximum absolute atomic E-state index is 15.1. The molecule has 2 aromatic rings. The molecule has 2 aromatic carbocycles. The molecule has 1 saturated heterocycles. The number of allylic oxidation sites excluding steroid dienone is 2. The van der Waals surface area contributed by atoms with Crippen molar-refractivity contribution in [1.29, 1.82) is 0 Å². The van der Waals surface area contributed by atoms with E-state index >= 15 is 8.78 Å². The number of rotatable bonds is 9. The molecule has 202 valence electrons. The van der Waals surface area contributed by atoms with Crippen molar-refractivity contribution in [3.8, 4) is 16.9 Å². The molecule has 0 N–H and O–H groups in total. The first-order chi connectivity index (χ1) is 17.9. The van der Waals surface area contributed by atoms with Crippen LogP contribution in [0, 0.1) is 41.0 Å². The fourth-order valence-electron chi connectivity index (χ4n) is 5.88. The minimum atomic E-state index is -1.25. The van der Waals surface area contributed by atoms with Gasteiger partial charge in [-0.05, 0) is 81.8 Å². The number of unbranched alkanes of at least 4 members (excludes halogenated alkanes) is 2. The Morgan fingerprint density at radius 1 is 0.811 bits per heavy atom. The molecule has 2 nitrogen and oxygen atoms in total. The van der Waals surface area contributed by atoms with Gasteiger partial charge in [-0.2, -0.15) is 4.39 Å². The lowest BCUT2D eigenvalue weighted by Crippen LogP contribution is -2.29. The zero-order chi connectivity index (χ0) is 26.4. The Kier molecular flexibility index (Phi) is 9.69. The van der Waals surface area contributed by atoms with Crippen LogP contribution in [0.25, 0.3) is 11.1 Å². The molecule has 6 heteroatoms. The van der Waals surface area contributed by atoms with E-state index in [4.69, 9.17) is 9.47 Å². The van der Waals surface area contributed by atoms with Crippen molar-refractivity contribution in [3.63, 3.8) is 0 Å². The predicted molar refractivity (Wildman–Crippen MR) is 138 cm³/mol. The van der Waals surface area contributed by atoms with Crippen LogP contribution in [0.5, 0.6) is 5.75 Å². The van der Waals surface area contributed by atoms with Crippen LogP contribution in [0.4, 0.5) is 17.6 Å². The minimum Gasteiger partial charge on any atom is -0.490 e. The molecule has 0 aromatic heterocycles. The summed E-state index contributed by atoms with van der Waals surface area (Å²) in [7, 11) is 0. The van der Waals surface area contributed by atoms with E-state index in [1.165, 1.54) is 49.9 Å². The van der Waals surface area contributed by atoms with Crippen LogP contribution in [0.1, 0.15) is 83.3 Å². The summed E-state index contributed by atoms with van der Waals surface area (Å²) in [5, 5.41) is 0. The molecule has 2 aliphatic rings. The fraction of sp³-hybridized carbons (Fsp3) is 0.548. The summed E-state index contributed by atoms with van der Waals surface area (Å²) in [5.74, 6) is -3.21. The van der Waals surface area contributed by atoms with Gasteiger partial charge >= 0.3 is 0 Å². The molecule has 0 bridgehead atoms. The van der Waals surface area contributed by atoms with Gasteiger partial charge in [0.15, 0.2) is 23.2 Å². The highest BCUT2D eigenvalue weighted by molar-refractivity contribution is 5.66. The number of benzene rings is 2. The topological polar surface area (TPSA) is 18.5 Å². The highest BCUT2D eigenvalue weighted by Gasteiger charge is 2.33. The Morgan fingerprint density at radius 3 is 2.14 bits per heavy atom. The molecule has 37 heavy (non-hydrogen) atoms. The minimum absolute atomic E-state index is 0.133. The Balaban J connectivity index is 1.41. The third-order valence-electron chi connectivity index (χ3n) is 8.06. The van der Waals surface area contributed by atoms with Gasteiger partial charge in [0.25, 0.3) is 0 Å². The van der Waals surface area contributed by atoms with Crippen molar-refractivity contribution in [2.24, 2.45) is 17.8 Å². The fourth-order valence-corrected chi connectivity index (χ4v) is 5.88. The van der Waals surface area contributed by atoms with Gasteiger partial charge in [0.2, 0.25) is 5.82 Å². The largest absolute Gasteiger partial charge is 0.490 e. The van der Waals surface area contributed by atoms with E-state index in [2.05, 4.69) is 19.1 Å². The van der Waals surface area contributed by atoms with Crippen molar-refractivity contribution in [1.82, 2.24) is 0 Å². The second-order valence-electron chi connectivity index (χ2n) is 10.5. The average Bonchev–Trinajstić information content (AvgIpc) is 2.92. The predicted octanol–water partition coefficient (Wildman–Crippen LogP) is 9.33. The number of ether oxygens (including phenoxy) is 2. The highest BCUT2D eigenvalue weighted by Crippen LogP contribution is 2.42. The lowest BCUT2D eigenvalue weighted by Gasteiger charge is -2.37. The Morgan fingerprint density at radius 2 is 1.49 bits per heavy atom. The number of halogens is 4. The van der Waals surface area contributed by atoms with Gasteiger partial charge < -0.3 is 9.47 Å². The van der Waals surface area contributed by atoms with E-state index in [1.54, 1.807) is 0 Å². The normalized spacial score (nSPS) is 24.5. The molecule has 2 atom stereocenters. The molecule has 1 heterocycles. The van der Waals surface area contributed by atoms with Gasteiger partial charge in [-0.15, -0.1) is 0 Å². The molecule has 1 saturated carbocycles. The van der Waals surface area contributed by atoms with Crippen LogP contribution < -0.4 is 4.74 Å². The van der Waals surface area contributed by atoms with Crippen LogP contribution in [0.2, 0.25) is 0 Å². The van der Waals surface area contributed by atoms with Crippen molar-refractivity contribution < 1.29 is 27.0 Å². The summed E-state index contributed by atoms with van der Waals surface area (Å²) in [5.41, 5.74) is -0.519. The quantitative estimate of drug-likeness (QED) is 0.187. The van der Waals surface area contributed by atoms with E-state index in [-0.39, 0.29) is 29.0 Å². The van der Waals surface area contributed by atoms with Crippen molar-refractivity contribution in [2.75, 3.05) is 13.2 Å². The van der Waals surface area contributed by atoms with Crippen molar-refractivity contribution in [3.05, 3.63) is 65.2 Å². The van der Waals surface area contributed by atoms with Crippen LogP contribution in [-0.4, -0.2) is 13.2 Å². The molecule has 0 amide bonds. The second-order valence-corrected chi connectivity index (χ2v) is 10.5. The molecular weight excluding hydrogens is 480 g/mol. The smallest absolute Gasteiger partial charge is 0.201 e. The van der Waals surface area contributed by atoms with Gasteiger partial charge in [0, 0.05) is 16.7 Å². The van der Waals surface area contributed by atoms with Gasteiger partial charge in [0.1, 0.15) is 0 Å². The molecule has 1 aliphatic carbocycles. The number of hydrogen-bond donors (Lipinski definition) is 0. The monoisotopic (exact) mass is 518 g/mol. The molecule has 2 fully saturated rings. The van der Waals surface area contributed by atoms with Crippen molar-refractivity contribution >= 4 is 0 Å². The lowest BCUT2D eigenvalue weighted by atomic mass is 9.73. The third kappa shape index (κ3) is 6.39. The summed E-state index contributed by atoms with van der Waals surface area (Å²) in [6.07, 6.45) is 12.8. The second kappa shape index (κ2) is 12.9. The Bertz CT molecular complexity index is 1070. The first kappa shape index (κ1) is 27.7. The molecule has 1 unspecified atom stereocenters. The van der Waals surface area contributed by atoms with Crippen LogP contribution in [-0.2, 0) is 4.74 Å². The SMILES string of the molecule is CC=CC1CCC(C2CC[C@@H](c3ccc(-c4ccc(OCCCCC)c(F)c4F)c(F)c3F)OC2)CC1. The van der Waals surface area contributed by atoms with E-state index in [0.717, 1.165) is 25.7 Å². The zero-order valence-electron chi connectivity index (χ0n) is 21.9. The van der Waals surface area contributed by atoms with E-state index in [1.807, 2.05) is 6.92 Å². The van der Waals surface area contributed by atoms with Gasteiger partial charge in [0.05, 0.1) is 19.3 Å². The molecule has 4 rings (SSSR count). The van der Waals surface area contributed by atoms with Gasteiger partial charge in [-0.25, -0.2) is 13.2 Å². The summed E-state index contributed by atoms with van der Waals surface area (Å²) in [6.45, 7) is 4.89. The van der Waals surface area contributed by atoms with E-state index < -0.39 is 29.4 Å². The third-order valence-corrected chi connectivity index (χ3v) is 8.06. The Labute approximate surface area is 218 Å². The van der Waals surface area contributed by atoms with Gasteiger partial charge in [-0.3, -0.25) is 0 Å². The standard InChI is InChI=1S/C31H38F4O2/c1-3-5-6-18-36-27-17-15-24(29(33)31(27)35)23-13-14-25(30(34)28(23)32)26-16-12-22(19-37-26)21-10-8-20(7-4-2)9-11-21/h4,7,13-15,17,20-22,26H,3,5-6,8-12,16,18-19H2,1-2H3/t20?,21?,22?,26-/m0/s1. The maximum Gasteiger partial charge on any atom is 0.201 e. The summed E-state index contributed by atoms with van der Waals surface area (Å²) >= 11 is 0. The summed E-state index contributed by atoms with van der Waals surface area (Å²) < 4.78 is 71.0. The number of hydrogen-bond acceptors (Lipinski definition) is 2. The first-order valence-corrected chi connectivity index (χ1v) is 13.8. The summed E-state index contributed by atoms with van der Waals surface area (Å²) in [6, 6.07) is 5.25. The molecule has 0 spiro atoms. The molecule has 1 aliphatic heterocycles. The van der Waals surface area contributed by atoms with E-state index in [9.17, 15) is 8.78 Å². The van der Waals surface area contributed by atoms with E-state index in [0.29, 0.717) is 30.8 Å². The zero-order valence-corrected chi connectivity index (χ0v) is 21.9. The van der Waals surface area contributed by atoms with Crippen LogP contribution in [0.3, 0.4) is 0 Å². The van der Waals surface area contributed by atoms with Crippen molar-refractivity contribution in [2.45, 2.75) is 77.7 Å². The molecule has 0 radical (unpaired) electrons. The summed E-state index contributed by atoms with van der Waals surface area (Å²) in [4.78, 5) is 0. The first-order valence-electron chi connectivity index (χ1n) is 13.8.